The average molecular weight is 221 g/mol. The Labute approximate surface area is 89.2 Å². The second-order valence-corrected chi connectivity index (χ2v) is 3.62. The lowest BCUT2D eigenvalue weighted by atomic mass is 10.5. The fraction of sp³-hybridized carbons (Fsp3) is 0. The van der Waals surface area contributed by atoms with Crippen molar-refractivity contribution >= 4 is 28.3 Å². The second kappa shape index (κ2) is 4.01. The van der Waals surface area contributed by atoms with Crippen LogP contribution in [0.1, 0.15) is 9.67 Å². The third-order valence-corrected chi connectivity index (χ3v) is 2.46. The molecule has 0 aliphatic rings. The molecule has 0 spiro atoms. The maximum atomic E-state index is 10.8. The zero-order valence-electron chi connectivity index (χ0n) is 7.54. The number of rotatable bonds is 3. The molecule has 0 fully saturated rings. The van der Waals surface area contributed by atoms with Crippen LogP contribution in [0.4, 0.5) is 11.1 Å². The molecule has 0 atom stereocenters. The van der Waals surface area contributed by atoms with Gasteiger partial charge >= 0.3 is 0 Å². The molecule has 1 amide bonds. The summed E-state index contributed by atoms with van der Waals surface area (Å²) in [5.41, 5.74) is 5.09. The van der Waals surface area contributed by atoms with Gasteiger partial charge in [0.05, 0.1) is 6.20 Å². The molecule has 0 saturated carbocycles. The van der Waals surface area contributed by atoms with Gasteiger partial charge in [0.2, 0.25) is 5.95 Å². The number of primary amides is 1. The molecule has 2 aromatic rings. The lowest BCUT2D eigenvalue weighted by Crippen LogP contribution is -2.08. The van der Waals surface area contributed by atoms with E-state index in [1.165, 1.54) is 6.20 Å². The molecule has 0 saturated heterocycles. The van der Waals surface area contributed by atoms with E-state index < -0.39 is 5.91 Å². The van der Waals surface area contributed by atoms with Crippen molar-refractivity contribution in [2.24, 2.45) is 5.73 Å². The summed E-state index contributed by atoms with van der Waals surface area (Å²) in [7, 11) is 0. The minimum atomic E-state index is -0.491. The standard InChI is InChI=1S/C8H7N5OS/c9-6(14)5-4-12-8(15-5)13-7-10-2-1-3-11-7/h1-4H,(H2,9,14)(H,10,11,12,13). The van der Waals surface area contributed by atoms with Crippen LogP contribution in [-0.2, 0) is 0 Å². The Morgan fingerprint density at radius 1 is 1.33 bits per heavy atom. The zero-order valence-corrected chi connectivity index (χ0v) is 8.36. The highest BCUT2D eigenvalue weighted by molar-refractivity contribution is 7.17. The van der Waals surface area contributed by atoms with Gasteiger partial charge in [0.15, 0.2) is 5.13 Å². The van der Waals surface area contributed by atoms with E-state index in [0.29, 0.717) is 16.0 Å². The monoisotopic (exact) mass is 221 g/mol. The molecule has 0 bridgehead atoms. The Hall–Kier alpha value is -2.02. The molecule has 0 aliphatic carbocycles. The maximum absolute atomic E-state index is 10.8. The van der Waals surface area contributed by atoms with Gasteiger partial charge in [0.1, 0.15) is 4.88 Å². The van der Waals surface area contributed by atoms with Gasteiger partial charge in [-0.15, -0.1) is 0 Å². The summed E-state index contributed by atoms with van der Waals surface area (Å²) in [4.78, 5) is 23.1. The molecule has 7 heteroatoms. The molecule has 6 nitrogen and oxygen atoms in total. The molecular formula is C8H7N5OS. The number of hydrogen-bond donors (Lipinski definition) is 2. The average Bonchev–Trinajstić information content (AvgIpc) is 2.68. The molecule has 2 rings (SSSR count). The number of nitrogens with two attached hydrogens (primary N) is 1. The number of amides is 1. The molecule has 3 N–H and O–H groups in total. The van der Waals surface area contributed by atoms with Crippen LogP contribution in [0.15, 0.2) is 24.7 Å². The zero-order chi connectivity index (χ0) is 10.7. The molecule has 0 radical (unpaired) electrons. The Bertz CT molecular complexity index is 469. The lowest BCUT2D eigenvalue weighted by molar-refractivity contribution is 0.100. The van der Waals surface area contributed by atoms with Gasteiger partial charge in [-0.05, 0) is 6.07 Å². The van der Waals surface area contributed by atoms with E-state index in [0.717, 1.165) is 11.3 Å². The first-order valence-corrected chi connectivity index (χ1v) is 4.87. The Kier molecular flexibility index (Phi) is 2.55. The highest BCUT2D eigenvalue weighted by Gasteiger charge is 2.07. The number of nitrogens with zero attached hydrogens (tertiary/aromatic N) is 3. The van der Waals surface area contributed by atoms with Crippen LogP contribution in [0.5, 0.6) is 0 Å². The molecular weight excluding hydrogens is 214 g/mol. The summed E-state index contributed by atoms with van der Waals surface area (Å²) in [5.74, 6) is -0.0580. The molecule has 0 aliphatic heterocycles. The van der Waals surface area contributed by atoms with Crippen LogP contribution in [0.3, 0.4) is 0 Å². The SMILES string of the molecule is NC(=O)c1cnc(Nc2ncccn2)s1. The van der Waals surface area contributed by atoms with Crippen molar-refractivity contribution in [3.8, 4) is 0 Å². The fourth-order valence-corrected chi connectivity index (χ4v) is 1.57. The number of nitrogens with one attached hydrogen (secondary N) is 1. The quantitative estimate of drug-likeness (QED) is 0.798. The first-order valence-electron chi connectivity index (χ1n) is 4.05. The summed E-state index contributed by atoms with van der Waals surface area (Å²) in [6, 6.07) is 1.71. The molecule has 15 heavy (non-hydrogen) atoms. The van der Waals surface area contributed by atoms with Gasteiger partial charge in [-0.3, -0.25) is 4.79 Å². The minimum absolute atomic E-state index is 0.397. The first-order chi connectivity index (χ1) is 7.25. The van der Waals surface area contributed by atoms with Crippen LogP contribution in [0.2, 0.25) is 0 Å². The highest BCUT2D eigenvalue weighted by Crippen LogP contribution is 2.19. The Balaban J connectivity index is 2.15. The van der Waals surface area contributed by atoms with E-state index >= 15 is 0 Å². The number of thiazole rings is 1. The first kappa shape index (κ1) is 9.53. The second-order valence-electron chi connectivity index (χ2n) is 2.59. The minimum Gasteiger partial charge on any atom is -0.365 e. The van der Waals surface area contributed by atoms with Crippen molar-refractivity contribution in [3.05, 3.63) is 29.5 Å². The lowest BCUT2D eigenvalue weighted by Gasteiger charge is -1.97. The van der Waals surface area contributed by atoms with Gasteiger partial charge in [-0.25, -0.2) is 15.0 Å². The third-order valence-electron chi connectivity index (χ3n) is 1.53. The van der Waals surface area contributed by atoms with Crippen LogP contribution in [0.25, 0.3) is 0 Å². The van der Waals surface area contributed by atoms with Gasteiger partial charge in [-0.2, -0.15) is 0 Å². The van der Waals surface area contributed by atoms with Crippen molar-refractivity contribution in [2.45, 2.75) is 0 Å². The van der Waals surface area contributed by atoms with E-state index in [1.807, 2.05) is 0 Å². The number of carbonyl (C=O) groups is 1. The van der Waals surface area contributed by atoms with Crippen LogP contribution < -0.4 is 11.1 Å². The summed E-state index contributed by atoms with van der Waals surface area (Å²) in [5, 5.41) is 3.39. The van der Waals surface area contributed by atoms with E-state index in [4.69, 9.17) is 5.73 Å². The van der Waals surface area contributed by atoms with Gasteiger partial charge in [0.25, 0.3) is 5.91 Å². The predicted octanol–water partition coefficient (Wildman–Crippen LogP) is 0.776. The number of carbonyl (C=O) groups excluding carboxylic acids is 1. The van der Waals surface area contributed by atoms with Crippen molar-refractivity contribution < 1.29 is 4.79 Å². The summed E-state index contributed by atoms with van der Waals surface area (Å²) in [6.45, 7) is 0. The number of anilines is 2. The van der Waals surface area contributed by atoms with E-state index in [2.05, 4.69) is 20.3 Å². The largest absolute Gasteiger partial charge is 0.365 e. The van der Waals surface area contributed by atoms with Crippen molar-refractivity contribution in [1.29, 1.82) is 0 Å². The van der Waals surface area contributed by atoms with Crippen LogP contribution >= 0.6 is 11.3 Å². The van der Waals surface area contributed by atoms with Crippen molar-refractivity contribution in [3.63, 3.8) is 0 Å². The van der Waals surface area contributed by atoms with E-state index in [9.17, 15) is 4.79 Å². The normalized spacial score (nSPS) is 9.87. The highest BCUT2D eigenvalue weighted by atomic mass is 32.1. The summed E-state index contributed by atoms with van der Waals surface area (Å²) < 4.78 is 0. The molecule has 2 heterocycles. The number of hydrogen-bond acceptors (Lipinski definition) is 6. The topological polar surface area (TPSA) is 93.8 Å². The van der Waals surface area contributed by atoms with Crippen molar-refractivity contribution in [1.82, 2.24) is 15.0 Å². The van der Waals surface area contributed by atoms with Gasteiger partial charge < -0.3 is 11.1 Å². The Morgan fingerprint density at radius 3 is 2.67 bits per heavy atom. The van der Waals surface area contributed by atoms with Crippen LogP contribution in [-0.4, -0.2) is 20.9 Å². The van der Waals surface area contributed by atoms with Crippen LogP contribution in [0, 0.1) is 0 Å². The maximum Gasteiger partial charge on any atom is 0.260 e. The predicted molar refractivity (Wildman–Crippen MR) is 55.9 cm³/mol. The molecule has 0 unspecified atom stereocenters. The fourth-order valence-electron chi connectivity index (χ4n) is 0.905. The van der Waals surface area contributed by atoms with E-state index in [1.54, 1.807) is 18.5 Å². The van der Waals surface area contributed by atoms with E-state index in [-0.39, 0.29) is 0 Å². The molecule has 2 aromatic heterocycles. The Morgan fingerprint density at radius 2 is 2.07 bits per heavy atom. The summed E-state index contributed by atoms with van der Waals surface area (Å²) in [6.07, 6.45) is 4.63. The molecule has 0 aromatic carbocycles. The summed E-state index contributed by atoms with van der Waals surface area (Å²) >= 11 is 1.16. The number of aromatic nitrogens is 3. The van der Waals surface area contributed by atoms with Gasteiger partial charge in [-0.1, -0.05) is 11.3 Å². The third kappa shape index (κ3) is 2.26. The smallest absolute Gasteiger partial charge is 0.260 e. The van der Waals surface area contributed by atoms with Crippen molar-refractivity contribution in [2.75, 3.05) is 5.32 Å². The van der Waals surface area contributed by atoms with Gasteiger partial charge in [0, 0.05) is 12.4 Å². The molecule has 76 valence electrons.